The summed E-state index contributed by atoms with van der Waals surface area (Å²) in [6.07, 6.45) is 3.73. The van der Waals surface area contributed by atoms with Crippen molar-refractivity contribution in [2.24, 2.45) is 0 Å². The summed E-state index contributed by atoms with van der Waals surface area (Å²) < 4.78 is 16.4. The molecule has 5 nitrogen and oxygen atoms in total. The van der Waals surface area contributed by atoms with Gasteiger partial charge < -0.3 is 19.0 Å². The van der Waals surface area contributed by atoms with Gasteiger partial charge in [-0.05, 0) is 61.3 Å². The van der Waals surface area contributed by atoms with E-state index in [-0.39, 0.29) is 0 Å². The molecule has 0 saturated heterocycles. The number of fused-ring (bicyclic) bond motifs is 1. The molecule has 1 aromatic carbocycles. The topological polar surface area (TPSA) is 60.4 Å². The third kappa shape index (κ3) is 3.14. The molecule has 4 rings (SSSR count). The predicted octanol–water partition coefficient (Wildman–Crippen LogP) is 3.20. The van der Waals surface area contributed by atoms with Gasteiger partial charge in [0.25, 0.3) is 0 Å². The molecule has 0 saturated carbocycles. The monoisotopic (exact) mass is 310 g/mol. The van der Waals surface area contributed by atoms with Gasteiger partial charge >= 0.3 is 0 Å². The molecule has 0 atom stereocenters. The largest absolute Gasteiger partial charge is 0.487 e. The minimum absolute atomic E-state index is 0.376. The molecule has 0 bridgehead atoms. The Labute approximate surface area is 134 Å². The van der Waals surface area contributed by atoms with E-state index in [4.69, 9.17) is 13.7 Å². The number of rotatable bonds is 4. The number of nitrogens with one attached hydrogen (secondary N) is 1. The maximum absolute atomic E-state index is 5.86. The Morgan fingerprint density at radius 3 is 2.83 bits per heavy atom. The lowest BCUT2D eigenvalue weighted by molar-refractivity contribution is 0.289. The Hall–Kier alpha value is -2.53. The fraction of sp³-hybridized carbons (Fsp3) is 0.278. The van der Waals surface area contributed by atoms with E-state index >= 15 is 0 Å². The molecule has 3 heterocycles. The standard InChI is InChI=1S/C18H18N2O3/c1-2-17(21-9-1)18-11-15(20-23-18)12-22-16-4-3-13-5-7-19-8-6-14(13)10-16/h1-4,9-11,19H,5-8,12H2. The number of ether oxygens (including phenoxy) is 1. The van der Waals surface area contributed by atoms with Crippen LogP contribution in [0.15, 0.2) is 51.6 Å². The minimum atomic E-state index is 0.376. The highest BCUT2D eigenvalue weighted by molar-refractivity contribution is 5.49. The van der Waals surface area contributed by atoms with Crippen molar-refractivity contribution in [3.63, 3.8) is 0 Å². The SMILES string of the molecule is c1coc(-c2cc(COc3ccc4c(c3)CCNCC4)no2)c1. The van der Waals surface area contributed by atoms with Gasteiger partial charge in [-0.15, -0.1) is 0 Å². The van der Waals surface area contributed by atoms with Crippen molar-refractivity contribution >= 4 is 0 Å². The highest BCUT2D eigenvalue weighted by atomic mass is 16.5. The zero-order chi connectivity index (χ0) is 15.5. The van der Waals surface area contributed by atoms with Crippen molar-refractivity contribution < 1.29 is 13.7 Å². The number of benzene rings is 1. The van der Waals surface area contributed by atoms with E-state index in [2.05, 4.69) is 22.6 Å². The fourth-order valence-corrected chi connectivity index (χ4v) is 2.81. The second-order valence-corrected chi connectivity index (χ2v) is 5.63. The smallest absolute Gasteiger partial charge is 0.202 e. The summed E-state index contributed by atoms with van der Waals surface area (Å²) in [5, 5.41) is 7.44. The molecule has 2 aromatic heterocycles. The van der Waals surface area contributed by atoms with Gasteiger partial charge in [0, 0.05) is 6.07 Å². The van der Waals surface area contributed by atoms with Crippen LogP contribution in [0.1, 0.15) is 16.8 Å². The molecule has 3 aromatic rings. The molecule has 0 amide bonds. The molecule has 1 aliphatic rings. The summed E-state index contributed by atoms with van der Waals surface area (Å²) in [6, 6.07) is 11.8. The lowest BCUT2D eigenvalue weighted by Gasteiger charge is -2.09. The minimum Gasteiger partial charge on any atom is -0.487 e. The number of nitrogens with zero attached hydrogens (tertiary/aromatic N) is 1. The molecule has 0 spiro atoms. The van der Waals surface area contributed by atoms with E-state index in [1.807, 2.05) is 24.3 Å². The van der Waals surface area contributed by atoms with Crippen LogP contribution in [0.3, 0.4) is 0 Å². The van der Waals surface area contributed by atoms with E-state index in [1.165, 1.54) is 11.1 Å². The van der Waals surface area contributed by atoms with Crippen molar-refractivity contribution in [2.45, 2.75) is 19.4 Å². The van der Waals surface area contributed by atoms with Crippen LogP contribution in [0.25, 0.3) is 11.5 Å². The summed E-state index contributed by atoms with van der Waals surface area (Å²) in [6.45, 7) is 2.44. The first-order chi connectivity index (χ1) is 11.4. The summed E-state index contributed by atoms with van der Waals surface area (Å²) >= 11 is 0. The highest BCUT2D eigenvalue weighted by Gasteiger charge is 2.11. The lowest BCUT2D eigenvalue weighted by atomic mass is 10.0. The van der Waals surface area contributed by atoms with Crippen molar-refractivity contribution in [3.8, 4) is 17.3 Å². The number of aromatic nitrogens is 1. The molecule has 1 N–H and O–H groups in total. The quantitative estimate of drug-likeness (QED) is 0.802. The van der Waals surface area contributed by atoms with Crippen LogP contribution in [0, 0.1) is 0 Å². The third-order valence-electron chi connectivity index (χ3n) is 4.03. The highest BCUT2D eigenvalue weighted by Crippen LogP contribution is 2.23. The molecular weight excluding hydrogens is 292 g/mol. The van der Waals surface area contributed by atoms with Gasteiger partial charge in [-0.25, -0.2) is 0 Å². The number of hydrogen-bond donors (Lipinski definition) is 1. The molecular formula is C18H18N2O3. The van der Waals surface area contributed by atoms with Crippen molar-refractivity contribution in [2.75, 3.05) is 13.1 Å². The predicted molar refractivity (Wildman–Crippen MR) is 85.3 cm³/mol. The normalized spacial score (nSPS) is 14.3. The first-order valence-corrected chi connectivity index (χ1v) is 7.83. The first-order valence-electron chi connectivity index (χ1n) is 7.83. The van der Waals surface area contributed by atoms with E-state index in [1.54, 1.807) is 6.26 Å². The zero-order valence-corrected chi connectivity index (χ0v) is 12.7. The molecule has 118 valence electrons. The van der Waals surface area contributed by atoms with Gasteiger partial charge in [0.1, 0.15) is 18.1 Å². The van der Waals surface area contributed by atoms with E-state index in [9.17, 15) is 0 Å². The molecule has 0 fully saturated rings. The summed E-state index contributed by atoms with van der Waals surface area (Å²) in [4.78, 5) is 0. The van der Waals surface area contributed by atoms with Gasteiger partial charge in [-0.3, -0.25) is 0 Å². The zero-order valence-electron chi connectivity index (χ0n) is 12.7. The summed E-state index contributed by atoms with van der Waals surface area (Å²) in [5.74, 6) is 2.15. The Bertz CT molecular complexity index is 777. The number of hydrogen-bond acceptors (Lipinski definition) is 5. The van der Waals surface area contributed by atoms with E-state index in [0.29, 0.717) is 18.1 Å². The van der Waals surface area contributed by atoms with Gasteiger partial charge in [0.15, 0.2) is 5.76 Å². The maximum Gasteiger partial charge on any atom is 0.202 e. The third-order valence-corrected chi connectivity index (χ3v) is 4.03. The molecule has 1 aliphatic heterocycles. The molecule has 0 radical (unpaired) electrons. The first kappa shape index (κ1) is 14.1. The van der Waals surface area contributed by atoms with Crippen LogP contribution in [0.4, 0.5) is 0 Å². The van der Waals surface area contributed by atoms with Crippen LogP contribution < -0.4 is 10.1 Å². The van der Waals surface area contributed by atoms with Crippen LogP contribution >= 0.6 is 0 Å². The fourth-order valence-electron chi connectivity index (χ4n) is 2.81. The average Bonchev–Trinajstić information content (AvgIpc) is 3.20. The van der Waals surface area contributed by atoms with Gasteiger partial charge in [0.05, 0.1) is 6.26 Å². The maximum atomic E-state index is 5.86. The summed E-state index contributed by atoms with van der Waals surface area (Å²) in [5.41, 5.74) is 3.51. The second-order valence-electron chi connectivity index (χ2n) is 5.63. The number of furan rings is 1. The Morgan fingerprint density at radius 2 is 1.96 bits per heavy atom. The van der Waals surface area contributed by atoms with Crippen molar-refractivity contribution in [1.82, 2.24) is 10.5 Å². The molecule has 23 heavy (non-hydrogen) atoms. The Kier molecular flexibility index (Phi) is 3.86. The van der Waals surface area contributed by atoms with Crippen LogP contribution in [0.2, 0.25) is 0 Å². The van der Waals surface area contributed by atoms with Crippen LogP contribution in [-0.2, 0) is 19.4 Å². The van der Waals surface area contributed by atoms with Crippen LogP contribution in [0.5, 0.6) is 5.75 Å². The van der Waals surface area contributed by atoms with Gasteiger partial charge in [-0.2, -0.15) is 0 Å². The Morgan fingerprint density at radius 1 is 1.04 bits per heavy atom. The van der Waals surface area contributed by atoms with E-state index < -0.39 is 0 Å². The van der Waals surface area contributed by atoms with Gasteiger partial charge in [-0.1, -0.05) is 11.2 Å². The lowest BCUT2D eigenvalue weighted by Crippen LogP contribution is -2.16. The summed E-state index contributed by atoms with van der Waals surface area (Å²) in [7, 11) is 0. The molecule has 5 heteroatoms. The van der Waals surface area contributed by atoms with Gasteiger partial charge in [0.2, 0.25) is 5.76 Å². The molecule has 0 aliphatic carbocycles. The average molecular weight is 310 g/mol. The molecule has 0 unspecified atom stereocenters. The Balaban J connectivity index is 1.44. The van der Waals surface area contributed by atoms with E-state index in [0.717, 1.165) is 37.4 Å². The van der Waals surface area contributed by atoms with Crippen molar-refractivity contribution in [1.29, 1.82) is 0 Å². The van der Waals surface area contributed by atoms with Crippen molar-refractivity contribution in [3.05, 3.63) is 59.5 Å². The van der Waals surface area contributed by atoms with Crippen LogP contribution in [-0.4, -0.2) is 18.2 Å². The second kappa shape index (κ2) is 6.30.